The number of aromatic nitrogens is 4. The van der Waals surface area contributed by atoms with Gasteiger partial charge in [0.2, 0.25) is 5.89 Å². The van der Waals surface area contributed by atoms with Gasteiger partial charge in [0, 0.05) is 18.3 Å². The van der Waals surface area contributed by atoms with Crippen molar-refractivity contribution in [3.05, 3.63) is 29.2 Å². The van der Waals surface area contributed by atoms with Crippen LogP contribution in [0.3, 0.4) is 0 Å². The Morgan fingerprint density at radius 2 is 1.88 bits per heavy atom. The second-order valence-corrected chi connectivity index (χ2v) is 6.76. The number of rotatable bonds is 3. The van der Waals surface area contributed by atoms with E-state index in [4.69, 9.17) is 16.0 Å². The number of fused-ring (bicyclic) bond motifs is 2. The van der Waals surface area contributed by atoms with E-state index in [0.29, 0.717) is 5.02 Å². The average Bonchev–Trinajstić information content (AvgIpc) is 3.19. The highest BCUT2D eigenvalue weighted by Gasteiger charge is 2.43. The van der Waals surface area contributed by atoms with Crippen molar-refractivity contribution < 1.29 is 17.6 Å². The van der Waals surface area contributed by atoms with Crippen LogP contribution < -0.4 is 0 Å². The molecule has 0 amide bonds. The number of nitrogens with zero attached hydrogens (tertiary/aromatic N) is 5. The summed E-state index contributed by atoms with van der Waals surface area (Å²) in [7, 11) is 0. The van der Waals surface area contributed by atoms with Crippen molar-refractivity contribution in [1.82, 2.24) is 24.9 Å². The van der Waals surface area contributed by atoms with Crippen molar-refractivity contribution in [3.8, 4) is 0 Å². The van der Waals surface area contributed by atoms with Crippen LogP contribution in [0.1, 0.15) is 43.5 Å². The average molecular weight is 362 g/mol. The Bertz CT molecular complexity index is 716. The molecule has 2 fully saturated rings. The number of hydrogen-bond acceptors (Lipinski definition) is 5. The summed E-state index contributed by atoms with van der Waals surface area (Å²) in [6.45, 7) is 0.255. The van der Waals surface area contributed by atoms with E-state index in [1.807, 2.05) is 10.9 Å². The van der Waals surface area contributed by atoms with E-state index in [1.165, 1.54) is 0 Å². The van der Waals surface area contributed by atoms with Crippen LogP contribution >= 0.6 is 11.6 Å². The van der Waals surface area contributed by atoms with Gasteiger partial charge in [-0.15, -0.1) is 10.2 Å². The zero-order valence-electron chi connectivity index (χ0n) is 12.6. The molecule has 2 atom stereocenters. The first-order chi connectivity index (χ1) is 11.4. The molecule has 2 aliphatic heterocycles. The van der Waals surface area contributed by atoms with Gasteiger partial charge in [-0.3, -0.25) is 9.58 Å². The van der Waals surface area contributed by atoms with Crippen LogP contribution in [0.2, 0.25) is 5.02 Å². The van der Waals surface area contributed by atoms with Gasteiger partial charge in [0.05, 0.1) is 23.8 Å². The van der Waals surface area contributed by atoms with Gasteiger partial charge < -0.3 is 4.42 Å². The van der Waals surface area contributed by atoms with Crippen LogP contribution in [0, 0.1) is 0 Å². The Balaban J connectivity index is 1.46. The minimum Gasteiger partial charge on any atom is -0.416 e. The predicted molar refractivity (Wildman–Crippen MR) is 77.2 cm³/mol. The molecule has 2 unspecified atom stereocenters. The molecule has 2 aliphatic rings. The van der Waals surface area contributed by atoms with Crippen molar-refractivity contribution >= 4 is 11.6 Å². The Hall–Kier alpha value is -1.61. The van der Waals surface area contributed by atoms with Gasteiger partial charge in [-0.25, -0.2) is 0 Å². The third-order valence-electron chi connectivity index (χ3n) is 4.83. The summed E-state index contributed by atoms with van der Waals surface area (Å²) in [6.07, 6.45) is 2.62. The summed E-state index contributed by atoms with van der Waals surface area (Å²) in [6, 6.07) is 0.815. The lowest BCUT2D eigenvalue weighted by Gasteiger charge is -2.38. The van der Waals surface area contributed by atoms with Gasteiger partial charge in [-0.2, -0.15) is 18.3 Å². The molecule has 6 nitrogen and oxygen atoms in total. The van der Waals surface area contributed by atoms with E-state index in [2.05, 4.69) is 20.2 Å². The van der Waals surface area contributed by atoms with Crippen molar-refractivity contribution in [2.75, 3.05) is 0 Å². The first-order valence-electron chi connectivity index (χ1n) is 7.75. The number of alkyl halides is 3. The van der Waals surface area contributed by atoms with Crippen molar-refractivity contribution in [2.45, 2.75) is 56.5 Å². The van der Waals surface area contributed by atoms with E-state index in [1.54, 1.807) is 6.20 Å². The summed E-state index contributed by atoms with van der Waals surface area (Å²) in [4.78, 5) is 2.18. The monoisotopic (exact) mass is 361 g/mol. The molecule has 4 heterocycles. The second kappa shape index (κ2) is 5.73. The zero-order valence-corrected chi connectivity index (χ0v) is 13.3. The molecule has 0 saturated carbocycles. The largest absolute Gasteiger partial charge is 0.470 e. The second-order valence-electron chi connectivity index (χ2n) is 6.32. The molecule has 0 aromatic carbocycles. The van der Waals surface area contributed by atoms with Crippen LogP contribution in [-0.4, -0.2) is 37.0 Å². The fourth-order valence-corrected chi connectivity index (χ4v) is 3.97. The lowest BCUT2D eigenvalue weighted by Crippen LogP contribution is -2.43. The molecule has 2 bridgehead atoms. The van der Waals surface area contributed by atoms with E-state index in [9.17, 15) is 13.2 Å². The zero-order chi connectivity index (χ0) is 16.9. The third-order valence-corrected chi connectivity index (χ3v) is 5.03. The smallest absolute Gasteiger partial charge is 0.416 e. The highest BCUT2D eigenvalue weighted by molar-refractivity contribution is 6.30. The van der Waals surface area contributed by atoms with Crippen LogP contribution in [0.5, 0.6) is 0 Å². The van der Waals surface area contributed by atoms with Crippen LogP contribution in [0.4, 0.5) is 13.2 Å². The van der Waals surface area contributed by atoms with Crippen molar-refractivity contribution in [1.29, 1.82) is 0 Å². The molecule has 0 spiro atoms. The molecule has 24 heavy (non-hydrogen) atoms. The molecular formula is C14H15ClF3N5O. The normalized spacial score (nSPS) is 27.8. The lowest BCUT2D eigenvalue weighted by atomic mass is 9.97. The maximum atomic E-state index is 12.6. The summed E-state index contributed by atoms with van der Waals surface area (Å²) in [5.74, 6) is -1.27. The molecule has 0 N–H and O–H groups in total. The Kier molecular flexibility index (Phi) is 3.80. The highest BCUT2D eigenvalue weighted by Crippen LogP contribution is 2.41. The topological polar surface area (TPSA) is 60.0 Å². The van der Waals surface area contributed by atoms with Gasteiger partial charge >= 0.3 is 12.1 Å². The molecule has 0 radical (unpaired) electrons. The molecule has 2 aromatic rings. The predicted octanol–water partition coefficient (Wildman–Crippen LogP) is 3.31. The van der Waals surface area contributed by atoms with Crippen LogP contribution in [0.25, 0.3) is 0 Å². The number of hydrogen-bond donors (Lipinski definition) is 0. The highest BCUT2D eigenvalue weighted by atomic mass is 35.5. The van der Waals surface area contributed by atoms with Gasteiger partial charge in [-0.05, 0) is 25.7 Å². The quantitative estimate of drug-likeness (QED) is 0.839. The van der Waals surface area contributed by atoms with Gasteiger partial charge in [0.1, 0.15) is 0 Å². The van der Waals surface area contributed by atoms with E-state index in [0.717, 1.165) is 25.7 Å². The minimum absolute atomic E-state index is 0.0137. The standard InChI is InChI=1S/C14H15ClF3N5O/c15-8-5-19-23(6-8)11-3-9-1-2-10(4-11)22(9)7-12-20-21-13(24-12)14(16,17)18/h5-6,9-11H,1-4,7H2. The minimum atomic E-state index is -4.60. The molecule has 0 aliphatic carbocycles. The molecular weight excluding hydrogens is 347 g/mol. The maximum Gasteiger partial charge on any atom is 0.470 e. The van der Waals surface area contributed by atoms with E-state index >= 15 is 0 Å². The Labute approximate surface area is 140 Å². The van der Waals surface area contributed by atoms with Crippen LogP contribution in [0.15, 0.2) is 16.8 Å². The van der Waals surface area contributed by atoms with Gasteiger partial charge in [0.15, 0.2) is 0 Å². The first kappa shape index (κ1) is 15.9. The number of piperidine rings is 1. The maximum absolute atomic E-state index is 12.6. The Morgan fingerprint density at radius 3 is 2.42 bits per heavy atom. The fourth-order valence-electron chi connectivity index (χ4n) is 3.82. The molecule has 10 heteroatoms. The lowest BCUT2D eigenvalue weighted by molar-refractivity contribution is -0.157. The molecule has 2 aromatic heterocycles. The molecule has 130 valence electrons. The summed E-state index contributed by atoms with van der Waals surface area (Å²) >= 11 is 5.93. The van der Waals surface area contributed by atoms with Gasteiger partial charge in [-0.1, -0.05) is 11.6 Å². The SMILES string of the molecule is FC(F)(F)c1nnc(CN2C3CCC2CC(n2cc(Cl)cn2)C3)o1. The fraction of sp³-hybridized carbons (Fsp3) is 0.643. The Morgan fingerprint density at radius 1 is 1.17 bits per heavy atom. The van der Waals surface area contributed by atoms with Crippen molar-refractivity contribution in [2.24, 2.45) is 0 Å². The van der Waals surface area contributed by atoms with E-state index < -0.39 is 12.1 Å². The molecule has 2 saturated heterocycles. The van der Waals surface area contributed by atoms with E-state index in [-0.39, 0.29) is 30.6 Å². The summed E-state index contributed by atoms with van der Waals surface area (Å²) < 4.78 is 44.3. The van der Waals surface area contributed by atoms with Gasteiger partial charge in [0.25, 0.3) is 0 Å². The third kappa shape index (κ3) is 2.90. The summed E-state index contributed by atoms with van der Waals surface area (Å²) in [5, 5.41) is 11.5. The number of halogens is 4. The first-order valence-corrected chi connectivity index (χ1v) is 8.13. The molecule has 4 rings (SSSR count). The van der Waals surface area contributed by atoms with Crippen molar-refractivity contribution in [3.63, 3.8) is 0 Å². The van der Waals surface area contributed by atoms with Crippen LogP contribution in [-0.2, 0) is 12.7 Å². The summed E-state index contributed by atoms with van der Waals surface area (Å²) in [5.41, 5.74) is 0.